The number of para-hydroxylation sites is 1. The van der Waals surface area contributed by atoms with Crippen LogP contribution < -0.4 is 10.2 Å². The first-order valence-electron chi connectivity index (χ1n) is 10.1. The lowest BCUT2D eigenvalue weighted by molar-refractivity contribution is -0.384. The van der Waals surface area contributed by atoms with Gasteiger partial charge in [-0.05, 0) is 48.4 Å². The molecule has 5 rings (SSSR count). The number of non-ortho nitro benzene ring substituents is 1. The maximum atomic E-state index is 10.9. The molecule has 4 aromatic rings. The molecule has 1 N–H and O–H groups in total. The Labute approximate surface area is 179 Å². The second-order valence-electron chi connectivity index (χ2n) is 7.39. The summed E-state index contributed by atoms with van der Waals surface area (Å²) in [6.07, 6.45) is 2.86. The number of imidazole rings is 1. The summed E-state index contributed by atoms with van der Waals surface area (Å²) in [6, 6.07) is 24.3. The molecule has 3 aromatic carbocycles. The van der Waals surface area contributed by atoms with Gasteiger partial charge >= 0.3 is 0 Å². The summed E-state index contributed by atoms with van der Waals surface area (Å²) in [4.78, 5) is 15.4. The number of nitrogens with one attached hydrogen (secondary N) is 1. The number of rotatable bonds is 5. The van der Waals surface area contributed by atoms with E-state index < -0.39 is 0 Å². The maximum Gasteiger partial charge on any atom is 0.269 e. The van der Waals surface area contributed by atoms with Crippen LogP contribution in [0.1, 0.15) is 23.7 Å². The van der Waals surface area contributed by atoms with Crippen molar-refractivity contribution in [1.82, 2.24) is 9.66 Å². The molecule has 0 amide bonds. The highest BCUT2D eigenvalue weighted by Gasteiger charge is 2.25. The van der Waals surface area contributed by atoms with Crippen LogP contribution in [0.4, 0.5) is 5.69 Å². The lowest BCUT2D eigenvalue weighted by Gasteiger charge is -2.24. The zero-order valence-electron chi connectivity index (χ0n) is 16.6. The van der Waals surface area contributed by atoms with Gasteiger partial charge in [-0.1, -0.05) is 30.3 Å². The Morgan fingerprint density at radius 1 is 0.968 bits per heavy atom. The Kier molecular flexibility index (Phi) is 4.84. The summed E-state index contributed by atoms with van der Waals surface area (Å²) in [6.45, 7) is 0.800. The predicted octanol–water partition coefficient (Wildman–Crippen LogP) is 5.33. The van der Waals surface area contributed by atoms with Crippen molar-refractivity contribution in [2.24, 2.45) is 0 Å². The van der Waals surface area contributed by atoms with Crippen molar-refractivity contribution < 1.29 is 9.66 Å². The van der Waals surface area contributed by atoms with E-state index in [1.807, 2.05) is 77.6 Å². The van der Waals surface area contributed by atoms with E-state index in [1.165, 1.54) is 0 Å². The second kappa shape index (κ2) is 7.95. The third-order valence-electron chi connectivity index (χ3n) is 5.40. The minimum absolute atomic E-state index is 0.0801. The standard InChI is InChI=1S/C24H20N4O3/c29-28(30)19-10-6-17(7-11-19)22-14-15-25-27-16-23(26-24(22)27)18-8-12-21(13-9-18)31-20-4-2-1-3-5-20/h1-13,16,22,25H,14-15H2. The Morgan fingerprint density at radius 2 is 1.68 bits per heavy atom. The molecule has 0 fully saturated rings. The van der Waals surface area contributed by atoms with Gasteiger partial charge in [0, 0.05) is 30.2 Å². The molecule has 1 unspecified atom stereocenters. The SMILES string of the molecule is O=[N+]([O-])c1ccc(C2CCNn3cc(-c4ccc(Oc5ccccc5)cc4)nc32)cc1. The summed E-state index contributed by atoms with van der Waals surface area (Å²) in [5, 5.41) is 10.9. The number of nitro benzene ring substituents is 1. The molecule has 1 aliphatic heterocycles. The molecule has 0 saturated carbocycles. The number of ether oxygens (including phenoxy) is 1. The summed E-state index contributed by atoms with van der Waals surface area (Å²) in [7, 11) is 0. The van der Waals surface area contributed by atoms with E-state index in [9.17, 15) is 10.1 Å². The largest absolute Gasteiger partial charge is 0.457 e. The van der Waals surface area contributed by atoms with Crippen molar-refractivity contribution in [3.63, 3.8) is 0 Å². The monoisotopic (exact) mass is 412 g/mol. The molecule has 0 spiro atoms. The zero-order chi connectivity index (χ0) is 21.2. The molecule has 1 aliphatic rings. The Bertz CT molecular complexity index is 1200. The fourth-order valence-corrected chi connectivity index (χ4v) is 3.83. The fourth-order valence-electron chi connectivity index (χ4n) is 3.83. The summed E-state index contributed by atoms with van der Waals surface area (Å²) >= 11 is 0. The van der Waals surface area contributed by atoms with E-state index in [2.05, 4.69) is 5.43 Å². The van der Waals surface area contributed by atoms with Crippen molar-refractivity contribution in [2.45, 2.75) is 12.3 Å². The molecule has 0 saturated heterocycles. The predicted molar refractivity (Wildman–Crippen MR) is 118 cm³/mol. The van der Waals surface area contributed by atoms with E-state index >= 15 is 0 Å². The molecule has 2 heterocycles. The topological polar surface area (TPSA) is 82.2 Å². The van der Waals surface area contributed by atoms with Crippen molar-refractivity contribution in [2.75, 3.05) is 12.0 Å². The average Bonchev–Trinajstić information content (AvgIpc) is 3.25. The molecule has 1 aromatic heterocycles. The summed E-state index contributed by atoms with van der Waals surface area (Å²) in [5.41, 5.74) is 6.32. The second-order valence-corrected chi connectivity index (χ2v) is 7.39. The van der Waals surface area contributed by atoms with E-state index in [4.69, 9.17) is 9.72 Å². The van der Waals surface area contributed by atoms with Gasteiger partial charge in [0.2, 0.25) is 0 Å². The minimum atomic E-state index is -0.379. The first-order valence-corrected chi connectivity index (χ1v) is 10.1. The van der Waals surface area contributed by atoms with Crippen molar-refractivity contribution in [1.29, 1.82) is 0 Å². The van der Waals surface area contributed by atoms with E-state index in [-0.39, 0.29) is 16.5 Å². The minimum Gasteiger partial charge on any atom is -0.457 e. The van der Waals surface area contributed by atoms with Gasteiger partial charge in [0.05, 0.1) is 16.8 Å². The number of fused-ring (bicyclic) bond motifs is 1. The van der Waals surface area contributed by atoms with Crippen LogP contribution in [0, 0.1) is 10.1 Å². The normalized spacial score (nSPS) is 15.0. The zero-order valence-corrected chi connectivity index (χ0v) is 16.6. The van der Waals surface area contributed by atoms with Gasteiger partial charge in [0.1, 0.15) is 17.3 Å². The molecule has 154 valence electrons. The van der Waals surface area contributed by atoms with E-state index in [1.54, 1.807) is 12.1 Å². The van der Waals surface area contributed by atoms with Crippen LogP contribution in [0.15, 0.2) is 85.1 Å². The molecule has 7 nitrogen and oxygen atoms in total. The van der Waals surface area contributed by atoms with Crippen LogP contribution >= 0.6 is 0 Å². The van der Waals surface area contributed by atoms with Gasteiger partial charge in [-0.3, -0.25) is 14.8 Å². The Hall–Kier alpha value is -4.13. The van der Waals surface area contributed by atoms with Crippen LogP contribution in [-0.2, 0) is 0 Å². The number of hydrogen-bond donors (Lipinski definition) is 1. The third-order valence-corrected chi connectivity index (χ3v) is 5.40. The van der Waals surface area contributed by atoms with Crippen LogP contribution in [0.25, 0.3) is 11.3 Å². The van der Waals surface area contributed by atoms with E-state index in [0.717, 1.165) is 47.1 Å². The van der Waals surface area contributed by atoms with Crippen LogP contribution in [0.5, 0.6) is 11.5 Å². The van der Waals surface area contributed by atoms with E-state index in [0.29, 0.717) is 0 Å². The number of hydrogen-bond acceptors (Lipinski definition) is 5. The molecule has 31 heavy (non-hydrogen) atoms. The fraction of sp³-hybridized carbons (Fsp3) is 0.125. The third kappa shape index (κ3) is 3.85. The molecular formula is C24H20N4O3. The van der Waals surface area contributed by atoms with Gasteiger partial charge in [-0.25, -0.2) is 4.98 Å². The first kappa shape index (κ1) is 18.9. The number of aromatic nitrogens is 2. The number of nitro groups is 1. The number of benzene rings is 3. The summed E-state index contributed by atoms with van der Waals surface area (Å²) < 4.78 is 7.82. The smallest absolute Gasteiger partial charge is 0.269 e. The van der Waals surface area contributed by atoms with Crippen LogP contribution in [-0.4, -0.2) is 21.1 Å². The average molecular weight is 412 g/mol. The van der Waals surface area contributed by atoms with Gasteiger partial charge in [-0.15, -0.1) is 0 Å². The Balaban J connectivity index is 1.39. The molecule has 0 aliphatic carbocycles. The highest BCUT2D eigenvalue weighted by Crippen LogP contribution is 2.33. The lowest BCUT2D eigenvalue weighted by Crippen LogP contribution is -2.27. The van der Waals surface area contributed by atoms with Crippen LogP contribution in [0.2, 0.25) is 0 Å². The quantitative estimate of drug-likeness (QED) is 0.354. The van der Waals surface area contributed by atoms with Gasteiger partial charge < -0.3 is 10.2 Å². The van der Waals surface area contributed by atoms with Gasteiger partial charge in [-0.2, -0.15) is 0 Å². The van der Waals surface area contributed by atoms with Crippen LogP contribution in [0.3, 0.4) is 0 Å². The lowest BCUT2D eigenvalue weighted by atomic mass is 9.94. The molecule has 7 heteroatoms. The van der Waals surface area contributed by atoms with Gasteiger partial charge in [0.15, 0.2) is 0 Å². The molecule has 1 atom stereocenters. The van der Waals surface area contributed by atoms with Crippen molar-refractivity contribution >= 4 is 5.69 Å². The van der Waals surface area contributed by atoms with Crippen molar-refractivity contribution in [3.05, 3.63) is 107 Å². The van der Waals surface area contributed by atoms with Gasteiger partial charge in [0.25, 0.3) is 5.69 Å². The highest BCUT2D eigenvalue weighted by molar-refractivity contribution is 5.60. The molecule has 0 radical (unpaired) electrons. The highest BCUT2D eigenvalue weighted by atomic mass is 16.6. The Morgan fingerprint density at radius 3 is 2.39 bits per heavy atom. The summed E-state index contributed by atoms with van der Waals surface area (Å²) in [5.74, 6) is 2.54. The van der Waals surface area contributed by atoms with Crippen molar-refractivity contribution in [3.8, 4) is 22.8 Å². The molecule has 0 bridgehead atoms. The molecular weight excluding hydrogens is 392 g/mol. The maximum absolute atomic E-state index is 10.9. The number of nitrogens with zero attached hydrogens (tertiary/aromatic N) is 3. The first-order chi connectivity index (χ1) is 15.2.